The fraction of sp³-hybridized carbons (Fsp3) is 0.136. The molecule has 2 aromatic heterocycles. The van der Waals surface area contributed by atoms with Crippen molar-refractivity contribution in [2.45, 2.75) is 20.4 Å². The van der Waals surface area contributed by atoms with Gasteiger partial charge >= 0.3 is 6.08 Å². The van der Waals surface area contributed by atoms with Gasteiger partial charge in [0.2, 0.25) is 5.88 Å². The molecule has 6 heteroatoms. The van der Waals surface area contributed by atoms with Crippen LogP contribution in [0.15, 0.2) is 54.7 Å². The number of nitrogens with zero attached hydrogens (tertiary/aromatic N) is 4. The number of aromatic nitrogens is 3. The van der Waals surface area contributed by atoms with Crippen LogP contribution in [0.3, 0.4) is 0 Å². The van der Waals surface area contributed by atoms with E-state index in [0.717, 1.165) is 16.7 Å². The van der Waals surface area contributed by atoms with E-state index >= 15 is 0 Å². The first-order valence-corrected chi connectivity index (χ1v) is 8.80. The molecule has 0 amide bonds. The van der Waals surface area contributed by atoms with E-state index < -0.39 is 6.08 Å². The highest BCUT2D eigenvalue weighted by Crippen LogP contribution is 2.33. The van der Waals surface area contributed by atoms with Gasteiger partial charge in [0.15, 0.2) is 0 Å². The molecule has 0 unspecified atom stereocenters. The van der Waals surface area contributed by atoms with E-state index in [4.69, 9.17) is 10.00 Å². The normalized spacial score (nSPS) is 10.8. The van der Waals surface area contributed by atoms with E-state index in [2.05, 4.69) is 16.0 Å². The lowest BCUT2D eigenvalue weighted by atomic mass is 10.1. The minimum Gasteiger partial charge on any atom is -0.436 e. The van der Waals surface area contributed by atoms with Gasteiger partial charge in [-0.1, -0.05) is 30.3 Å². The zero-order valence-corrected chi connectivity index (χ0v) is 15.5. The molecule has 4 aromatic rings. The van der Waals surface area contributed by atoms with Crippen LogP contribution < -0.4 is 4.74 Å². The predicted molar refractivity (Wildman–Crippen MR) is 104 cm³/mol. The highest BCUT2D eigenvalue weighted by atomic mass is 19.1. The van der Waals surface area contributed by atoms with Gasteiger partial charge in [0.1, 0.15) is 11.3 Å². The number of ether oxygens (including phenoxy) is 1. The van der Waals surface area contributed by atoms with Gasteiger partial charge in [0.05, 0.1) is 17.1 Å². The summed E-state index contributed by atoms with van der Waals surface area (Å²) < 4.78 is 22.0. The summed E-state index contributed by atoms with van der Waals surface area (Å²) >= 11 is 0. The van der Waals surface area contributed by atoms with E-state index in [1.54, 1.807) is 18.2 Å². The van der Waals surface area contributed by atoms with E-state index in [0.29, 0.717) is 28.9 Å². The van der Waals surface area contributed by atoms with Gasteiger partial charge < -0.3 is 9.30 Å². The summed E-state index contributed by atoms with van der Waals surface area (Å²) in [6.07, 6.45) is 1.00. The van der Waals surface area contributed by atoms with Crippen molar-refractivity contribution in [1.82, 2.24) is 14.5 Å². The number of nitriles is 1. The van der Waals surface area contributed by atoms with Crippen LogP contribution in [0.4, 0.5) is 4.39 Å². The topological polar surface area (TPSA) is 63.7 Å². The van der Waals surface area contributed by atoms with Crippen LogP contribution in [-0.2, 0) is 6.54 Å². The quantitative estimate of drug-likeness (QED) is 0.478. The number of benzene rings is 2. The minimum absolute atomic E-state index is 0.152. The second-order valence-corrected chi connectivity index (χ2v) is 6.61. The summed E-state index contributed by atoms with van der Waals surface area (Å²) in [5.41, 5.74) is 4.31. The molecular weight excluding hydrogens is 355 g/mol. The van der Waals surface area contributed by atoms with E-state index in [-0.39, 0.29) is 5.88 Å². The van der Waals surface area contributed by atoms with Gasteiger partial charge in [-0.25, -0.2) is 4.98 Å². The second kappa shape index (κ2) is 7.12. The van der Waals surface area contributed by atoms with E-state index in [9.17, 15) is 4.39 Å². The lowest BCUT2D eigenvalue weighted by molar-refractivity contribution is 0.435. The van der Waals surface area contributed by atoms with Crippen molar-refractivity contribution < 1.29 is 9.13 Å². The third-order valence-electron chi connectivity index (χ3n) is 4.54. The van der Waals surface area contributed by atoms with Gasteiger partial charge in [-0.2, -0.15) is 14.6 Å². The number of hydrogen-bond donors (Lipinski definition) is 0. The predicted octanol–water partition coefficient (Wildman–Crippen LogP) is 4.90. The number of hydrogen-bond acceptors (Lipinski definition) is 4. The Morgan fingerprint density at radius 3 is 2.46 bits per heavy atom. The maximum absolute atomic E-state index is 14.0. The fourth-order valence-corrected chi connectivity index (χ4v) is 3.30. The number of fused-ring (bicyclic) bond motifs is 1. The maximum Gasteiger partial charge on any atom is 0.312 e. The van der Waals surface area contributed by atoms with Crippen molar-refractivity contribution in [1.29, 1.82) is 5.26 Å². The first kappa shape index (κ1) is 17.7. The molecule has 0 bridgehead atoms. The van der Waals surface area contributed by atoms with Crippen LogP contribution in [0.25, 0.3) is 11.0 Å². The summed E-state index contributed by atoms with van der Waals surface area (Å²) in [5.74, 6) is 0.713. The van der Waals surface area contributed by atoms with Crippen LogP contribution in [0.1, 0.15) is 22.3 Å². The average Bonchev–Trinajstić information content (AvgIpc) is 3.07. The minimum atomic E-state index is -0.844. The van der Waals surface area contributed by atoms with Crippen LogP contribution in [0, 0.1) is 31.3 Å². The molecule has 0 radical (unpaired) electrons. The van der Waals surface area contributed by atoms with Crippen LogP contribution in [0.5, 0.6) is 11.6 Å². The Kier molecular flexibility index (Phi) is 4.50. The molecule has 2 heterocycles. The van der Waals surface area contributed by atoms with Crippen LogP contribution in [-0.4, -0.2) is 14.5 Å². The lowest BCUT2D eigenvalue weighted by Gasteiger charge is -2.14. The van der Waals surface area contributed by atoms with Gasteiger partial charge in [-0.05, 0) is 48.7 Å². The summed E-state index contributed by atoms with van der Waals surface area (Å²) in [5, 5.41) is 9.13. The molecule has 0 fully saturated rings. The standard InChI is InChI=1S/C22H17FN4O/c1-14-10-17(12-24)11-15(2)20(14)28-21-19-18(25-22(23)26-21)8-9-27(19)13-16-6-4-3-5-7-16/h3-11H,13H2,1-2H3. The molecule has 2 aromatic carbocycles. The van der Waals surface area contributed by atoms with Crippen molar-refractivity contribution in [2.75, 3.05) is 0 Å². The molecule has 0 aliphatic rings. The molecule has 0 saturated carbocycles. The molecule has 0 N–H and O–H groups in total. The third-order valence-corrected chi connectivity index (χ3v) is 4.54. The third kappa shape index (κ3) is 3.30. The smallest absolute Gasteiger partial charge is 0.312 e. The van der Waals surface area contributed by atoms with Gasteiger partial charge in [0.25, 0.3) is 0 Å². The number of aryl methyl sites for hydroxylation is 2. The molecule has 0 aliphatic heterocycles. The second-order valence-electron chi connectivity index (χ2n) is 6.61. The summed E-state index contributed by atoms with van der Waals surface area (Å²) in [4.78, 5) is 7.80. The fourth-order valence-electron chi connectivity index (χ4n) is 3.30. The zero-order chi connectivity index (χ0) is 19.7. The Morgan fingerprint density at radius 2 is 1.79 bits per heavy atom. The van der Waals surface area contributed by atoms with E-state index in [1.165, 1.54) is 0 Å². The van der Waals surface area contributed by atoms with Crippen molar-refractivity contribution >= 4 is 11.0 Å². The van der Waals surface area contributed by atoms with Crippen molar-refractivity contribution in [3.8, 4) is 17.7 Å². The first-order chi connectivity index (χ1) is 13.5. The Bertz CT molecular complexity index is 1190. The van der Waals surface area contributed by atoms with Gasteiger partial charge in [-0.3, -0.25) is 0 Å². The molecule has 0 saturated heterocycles. The van der Waals surface area contributed by atoms with Gasteiger partial charge in [-0.15, -0.1) is 0 Å². The number of rotatable bonds is 4. The molecule has 5 nitrogen and oxygen atoms in total. The van der Waals surface area contributed by atoms with Crippen molar-refractivity contribution in [3.63, 3.8) is 0 Å². The molecule has 138 valence electrons. The highest BCUT2D eigenvalue weighted by Gasteiger charge is 2.17. The van der Waals surface area contributed by atoms with E-state index in [1.807, 2.05) is 54.9 Å². The molecule has 0 spiro atoms. The Hall–Kier alpha value is -3.72. The number of halogens is 1. The summed E-state index contributed by atoms with van der Waals surface area (Å²) in [6, 6.07) is 17.3. The largest absolute Gasteiger partial charge is 0.436 e. The Morgan fingerprint density at radius 1 is 1.07 bits per heavy atom. The SMILES string of the molecule is Cc1cc(C#N)cc(C)c1Oc1nc(F)nc2ccn(Cc3ccccc3)c12. The first-order valence-electron chi connectivity index (χ1n) is 8.80. The lowest BCUT2D eigenvalue weighted by Crippen LogP contribution is -2.03. The molecule has 4 rings (SSSR count). The molecule has 28 heavy (non-hydrogen) atoms. The average molecular weight is 372 g/mol. The van der Waals surface area contributed by atoms with Crippen molar-refractivity contribution in [2.24, 2.45) is 0 Å². The van der Waals surface area contributed by atoms with Crippen LogP contribution in [0.2, 0.25) is 0 Å². The monoisotopic (exact) mass is 372 g/mol. The Balaban J connectivity index is 1.81. The van der Waals surface area contributed by atoms with Gasteiger partial charge in [0, 0.05) is 12.7 Å². The zero-order valence-electron chi connectivity index (χ0n) is 15.5. The van der Waals surface area contributed by atoms with Crippen LogP contribution >= 0.6 is 0 Å². The summed E-state index contributed by atoms with van der Waals surface area (Å²) in [6.45, 7) is 4.28. The molecule has 0 atom stereocenters. The summed E-state index contributed by atoms with van der Waals surface area (Å²) in [7, 11) is 0. The molecule has 0 aliphatic carbocycles. The van der Waals surface area contributed by atoms with Crippen molar-refractivity contribution in [3.05, 3.63) is 83.1 Å². The maximum atomic E-state index is 14.0. The molecular formula is C22H17FN4O. The highest BCUT2D eigenvalue weighted by molar-refractivity contribution is 5.81. The Labute approximate surface area is 161 Å².